The molecule has 0 aliphatic carbocycles. The van der Waals surface area contributed by atoms with E-state index < -0.39 is 0 Å². The van der Waals surface area contributed by atoms with Gasteiger partial charge >= 0.3 is 5.69 Å². The first-order chi connectivity index (χ1) is 15.6. The lowest BCUT2D eigenvalue weighted by atomic mass is 10.1. The van der Waals surface area contributed by atoms with E-state index in [1.807, 2.05) is 36.4 Å². The molecule has 4 heterocycles. The summed E-state index contributed by atoms with van der Waals surface area (Å²) >= 11 is 0. The molecular formula is C24H30N6O3. The van der Waals surface area contributed by atoms with Gasteiger partial charge < -0.3 is 14.4 Å². The summed E-state index contributed by atoms with van der Waals surface area (Å²) in [5.41, 5.74) is 2.75. The zero-order valence-corrected chi connectivity index (χ0v) is 18.3. The Hall–Kier alpha value is -3.30. The van der Waals surface area contributed by atoms with Crippen molar-refractivity contribution in [1.29, 1.82) is 0 Å². The molecular weight excluding hydrogens is 420 g/mol. The van der Waals surface area contributed by atoms with Crippen molar-refractivity contribution in [3.05, 3.63) is 64.5 Å². The van der Waals surface area contributed by atoms with Crippen molar-refractivity contribution in [3.8, 4) is 5.75 Å². The number of nitrogens with zero attached hydrogens (tertiary/aromatic N) is 6. The third-order valence-corrected chi connectivity index (χ3v) is 5.91. The van der Waals surface area contributed by atoms with Crippen molar-refractivity contribution in [2.45, 2.75) is 26.9 Å². The van der Waals surface area contributed by atoms with Crippen molar-refractivity contribution < 1.29 is 9.47 Å². The van der Waals surface area contributed by atoms with Crippen LogP contribution in [0.25, 0.3) is 16.7 Å². The van der Waals surface area contributed by atoms with Gasteiger partial charge in [0.25, 0.3) is 0 Å². The van der Waals surface area contributed by atoms with Crippen LogP contribution in [0.3, 0.4) is 0 Å². The second-order valence-corrected chi connectivity index (χ2v) is 8.31. The van der Waals surface area contributed by atoms with E-state index in [9.17, 15) is 4.79 Å². The van der Waals surface area contributed by atoms with E-state index in [0.717, 1.165) is 48.6 Å². The summed E-state index contributed by atoms with van der Waals surface area (Å²) in [7, 11) is 3.73. The molecule has 1 aromatic carbocycles. The molecule has 1 aliphatic rings. The monoisotopic (exact) mass is 450 g/mol. The zero-order valence-electron chi connectivity index (χ0n) is 18.3. The molecule has 0 N–H and O–H groups in total. The number of ether oxygens (including phenoxy) is 2. The Labute approximate surface area is 192 Å². The van der Waals surface area contributed by atoms with Gasteiger partial charge in [0, 0.05) is 19.7 Å². The van der Waals surface area contributed by atoms with Crippen LogP contribution >= 0.6 is 0 Å². The van der Waals surface area contributed by atoms with E-state index in [-0.39, 0.29) is 13.1 Å². The highest BCUT2D eigenvalue weighted by atomic mass is 16.5. The molecule has 0 saturated carbocycles. The van der Waals surface area contributed by atoms with Gasteiger partial charge in [0.15, 0.2) is 5.65 Å². The number of hydrogen-bond donors (Lipinski definition) is 0. The third kappa shape index (κ3) is 4.60. The minimum absolute atomic E-state index is 0. The van der Waals surface area contributed by atoms with Crippen LogP contribution < -0.4 is 10.4 Å². The second kappa shape index (κ2) is 9.68. The molecule has 174 valence electrons. The number of rotatable bonds is 7. The highest BCUT2D eigenvalue weighted by molar-refractivity contribution is 5.88. The molecule has 5 rings (SSSR count). The van der Waals surface area contributed by atoms with E-state index in [4.69, 9.17) is 14.5 Å². The van der Waals surface area contributed by atoms with Gasteiger partial charge in [0.1, 0.15) is 17.7 Å². The van der Waals surface area contributed by atoms with Crippen LogP contribution in [0.1, 0.15) is 25.1 Å². The van der Waals surface area contributed by atoms with Crippen molar-refractivity contribution in [2.75, 3.05) is 33.9 Å². The van der Waals surface area contributed by atoms with Crippen molar-refractivity contribution in [2.24, 2.45) is 5.92 Å². The SMILES string of the molecule is C.COc1ccc(Cn2c(=O)n3ncnc3c3ccc(CN(C)CC4CCOC4)nc32)cc1. The van der Waals surface area contributed by atoms with Crippen LogP contribution in [-0.2, 0) is 17.8 Å². The molecule has 9 heteroatoms. The second-order valence-electron chi connectivity index (χ2n) is 8.31. The Bertz CT molecular complexity index is 1290. The van der Waals surface area contributed by atoms with Crippen LogP contribution in [0.2, 0.25) is 0 Å². The maximum Gasteiger partial charge on any atom is 0.352 e. The zero-order chi connectivity index (χ0) is 22.1. The first kappa shape index (κ1) is 22.9. The van der Waals surface area contributed by atoms with E-state index in [0.29, 0.717) is 30.3 Å². The minimum atomic E-state index is -0.262. The summed E-state index contributed by atoms with van der Waals surface area (Å²) < 4.78 is 13.7. The normalized spacial score (nSPS) is 15.9. The fourth-order valence-electron chi connectivity index (χ4n) is 4.29. The van der Waals surface area contributed by atoms with Crippen LogP contribution in [0.4, 0.5) is 0 Å². The van der Waals surface area contributed by atoms with Gasteiger partial charge in [-0.15, -0.1) is 0 Å². The van der Waals surface area contributed by atoms with Gasteiger partial charge in [-0.2, -0.15) is 9.61 Å². The van der Waals surface area contributed by atoms with Crippen molar-refractivity contribution in [3.63, 3.8) is 0 Å². The van der Waals surface area contributed by atoms with Crippen LogP contribution in [0.5, 0.6) is 5.75 Å². The fourth-order valence-corrected chi connectivity index (χ4v) is 4.29. The van der Waals surface area contributed by atoms with Crippen molar-refractivity contribution in [1.82, 2.24) is 29.0 Å². The molecule has 3 aromatic heterocycles. The van der Waals surface area contributed by atoms with Gasteiger partial charge in [-0.05, 0) is 49.2 Å². The van der Waals surface area contributed by atoms with E-state index in [1.165, 1.54) is 10.8 Å². The molecule has 1 saturated heterocycles. The summed E-state index contributed by atoms with van der Waals surface area (Å²) in [6.45, 7) is 3.70. The number of methoxy groups -OCH3 is 1. The first-order valence-electron chi connectivity index (χ1n) is 10.7. The Kier molecular flexibility index (Phi) is 6.71. The number of fused-ring (bicyclic) bond motifs is 3. The lowest BCUT2D eigenvalue weighted by Gasteiger charge is -2.20. The van der Waals surface area contributed by atoms with Crippen LogP contribution in [-0.4, -0.2) is 63.0 Å². The molecule has 1 atom stereocenters. The van der Waals surface area contributed by atoms with E-state index in [2.05, 4.69) is 22.0 Å². The highest BCUT2D eigenvalue weighted by Crippen LogP contribution is 2.19. The maximum absolute atomic E-state index is 13.2. The lowest BCUT2D eigenvalue weighted by Crippen LogP contribution is -2.29. The summed E-state index contributed by atoms with van der Waals surface area (Å²) in [4.78, 5) is 24.7. The van der Waals surface area contributed by atoms with Gasteiger partial charge in [0.2, 0.25) is 0 Å². The average Bonchev–Trinajstić information content (AvgIpc) is 3.49. The number of hydrogen-bond acceptors (Lipinski definition) is 7. The Morgan fingerprint density at radius 1 is 1.18 bits per heavy atom. The molecule has 1 fully saturated rings. The molecule has 0 bridgehead atoms. The maximum atomic E-state index is 13.2. The minimum Gasteiger partial charge on any atom is -0.497 e. The quantitative estimate of drug-likeness (QED) is 0.428. The molecule has 1 unspecified atom stereocenters. The summed E-state index contributed by atoms with van der Waals surface area (Å²) in [6.07, 6.45) is 2.50. The van der Waals surface area contributed by atoms with Gasteiger partial charge in [-0.1, -0.05) is 19.6 Å². The summed E-state index contributed by atoms with van der Waals surface area (Å²) in [5, 5.41) is 4.93. The topological polar surface area (TPSA) is 86.8 Å². The average molecular weight is 451 g/mol. The van der Waals surface area contributed by atoms with Crippen molar-refractivity contribution >= 4 is 16.7 Å². The van der Waals surface area contributed by atoms with E-state index >= 15 is 0 Å². The Balaban J connectivity index is 0.00000259. The fraction of sp³-hybridized carbons (Fsp3) is 0.417. The molecule has 4 aromatic rings. The smallest absolute Gasteiger partial charge is 0.352 e. The standard InChI is InChI=1S/C23H26N6O3.CH4/c1-27(11-17-9-10-32-14-17)13-18-5-8-20-21-24-15-25-29(21)23(30)28(22(20)26-18)12-16-3-6-19(31-2)7-4-16;/h3-8,15,17H,9-14H2,1-2H3;1H4. The third-order valence-electron chi connectivity index (χ3n) is 5.91. The predicted molar refractivity (Wildman–Crippen MR) is 127 cm³/mol. The largest absolute Gasteiger partial charge is 0.497 e. The first-order valence-corrected chi connectivity index (χ1v) is 10.7. The molecule has 9 nitrogen and oxygen atoms in total. The molecule has 1 aliphatic heterocycles. The Morgan fingerprint density at radius 2 is 2.00 bits per heavy atom. The predicted octanol–water partition coefficient (Wildman–Crippen LogP) is 2.60. The van der Waals surface area contributed by atoms with E-state index in [1.54, 1.807) is 11.7 Å². The summed E-state index contributed by atoms with van der Waals surface area (Å²) in [5.74, 6) is 1.33. The van der Waals surface area contributed by atoms with Crippen LogP contribution in [0, 0.1) is 5.92 Å². The highest BCUT2D eigenvalue weighted by Gasteiger charge is 2.19. The number of aromatic nitrogens is 5. The van der Waals surface area contributed by atoms with Crippen LogP contribution in [0.15, 0.2) is 47.5 Å². The van der Waals surface area contributed by atoms with Gasteiger partial charge in [-0.3, -0.25) is 4.57 Å². The number of pyridine rings is 1. The number of benzene rings is 1. The molecule has 0 spiro atoms. The molecule has 0 radical (unpaired) electrons. The Morgan fingerprint density at radius 3 is 2.73 bits per heavy atom. The van der Waals surface area contributed by atoms with Gasteiger partial charge in [0.05, 0.1) is 31.3 Å². The molecule has 33 heavy (non-hydrogen) atoms. The summed E-state index contributed by atoms with van der Waals surface area (Å²) in [6, 6.07) is 11.7. The lowest BCUT2D eigenvalue weighted by molar-refractivity contribution is 0.172. The molecule has 0 amide bonds. The van der Waals surface area contributed by atoms with Gasteiger partial charge in [-0.25, -0.2) is 14.8 Å².